The summed E-state index contributed by atoms with van der Waals surface area (Å²) in [6.07, 6.45) is 10.7. The van der Waals surface area contributed by atoms with Gasteiger partial charge in [0, 0.05) is 63.0 Å². The molecule has 0 amide bonds. The van der Waals surface area contributed by atoms with Gasteiger partial charge in [0.05, 0.1) is 23.4 Å². The number of hydrogen-bond acceptors (Lipinski definition) is 5. The zero-order chi connectivity index (χ0) is 25.9. The Balaban J connectivity index is 1.18. The number of nitrogens with zero attached hydrogens (tertiary/aromatic N) is 5. The fourth-order valence-electron chi connectivity index (χ4n) is 5.86. The first-order valence-electron chi connectivity index (χ1n) is 14.1. The van der Waals surface area contributed by atoms with E-state index < -0.39 is 0 Å². The number of piperazine rings is 1. The number of nitrogens with one attached hydrogen (secondary N) is 2. The summed E-state index contributed by atoms with van der Waals surface area (Å²) in [5.74, 6) is 0. The lowest BCUT2D eigenvalue weighted by molar-refractivity contribution is 0.187. The number of benzene rings is 2. The fourth-order valence-corrected chi connectivity index (χ4v) is 5.86. The number of rotatable bonds is 7. The average Bonchev–Trinajstić information content (AvgIpc) is 3.59. The van der Waals surface area contributed by atoms with Gasteiger partial charge in [-0.2, -0.15) is 10.2 Å². The van der Waals surface area contributed by atoms with Crippen LogP contribution in [0.15, 0.2) is 48.8 Å². The molecule has 2 aliphatic heterocycles. The molecule has 0 unspecified atom stereocenters. The van der Waals surface area contributed by atoms with Crippen LogP contribution in [0.3, 0.4) is 0 Å². The third kappa shape index (κ3) is 5.46. The van der Waals surface area contributed by atoms with E-state index >= 15 is 0 Å². The fraction of sp³-hybridized carbons (Fsp3) is 0.419. The van der Waals surface area contributed by atoms with Crippen LogP contribution in [0.5, 0.6) is 0 Å². The third-order valence-electron chi connectivity index (χ3n) is 8.25. The Morgan fingerprint density at radius 3 is 2.53 bits per heavy atom. The van der Waals surface area contributed by atoms with Crippen molar-refractivity contribution >= 4 is 23.1 Å². The number of aromatic nitrogens is 4. The Hall–Kier alpha value is -3.26. The smallest absolute Gasteiger partial charge is 0.0927 e. The van der Waals surface area contributed by atoms with E-state index in [1.165, 1.54) is 35.1 Å². The molecule has 2 aliphatic rings. The molecule has 0 bridgehead atoms. The maximum Gasteiger partial charge on any atom is 0.0927 e. The molecule has 198 valence electrons. The quantitative estimate of drug-likeness (QED) is 0.368. The van der Waals surface area contributed by atoms with E-state index in [-0.39, 0.29) is 0 Å². The SMILES string of the molecule is CCN1CCC(n2cc(/C=C/c3n[nH]c4cc(C)c(-c5ccc(CN6CCNCC6)cc5)cc34)cn2)CC1. The minimum absolute atomic E-state index is 0.500. The molecule has 2 aromatic carbocycles. The minimum atomic E-state index is 0.500. The second-order valence-electron chi connectivity index (χ2n) is 10.8. The third-order valence-corrected chi connectivity index (χ3v) is 8.25. The number of H-pyrrole nitrogens is 1. The van der Waals surface area contributed by atoms with E-state index in [4.69, 9.17) is 0 Å². The Morgan fingerprint density at radius 2 is 1.76 bits per heavy atom. The summed E-state index contributed by atoms with van der Waals surface area (Å²) in [7, 11) is 0. The van der Waals surface area contributed by atoms with Crippen LogP contribution in [-0.2, 0) is 6.54 Å². The van der Waals surface area contributed by atoms with Crippen molar-refractivity contribution < 1.29 is 0 Å². The summed E-state index contributed by atoms with van der Waals surface area (Å²) < 4.78 is 2.16. The maximum atomic E-state index is 4.67. The van der Waals surface area contributed by atoms with E-state index in [1.807, 2.05) is 6.20 Å². The number of aryl methyl sites for hydroxylation is 1. The van der Waals surface area contributed by atoms with Gasteiger partial charge in [0.1, 0.15) is 0 Å². The van der Waals surface area contributed by atoms with Crippen LogP contribution in [0.25, 0.3) is 34.2 Å². The lowest BCUT2D eigenvalue weighted by atomic mass is 9.97. The molecule has 6 rings (SSSR count). The topological polar surface area (TPSA) is 65.0 Å². The number of piperidine rings is 1. The van der Waals surface area contributed by atoms with Gasteiger partial charge < -0.3 is 10.2 Å². The van der Waals surface area contributed by atoms with Crippen molar-refractivity contribution in [1.82, 2.24) is 35.1 Å². The molecule has 0 atom stereocenters. The standard InChI is InChI=1S/C31H39N7/c1-3-36-14-10-27(11-15-36)38-22-25(20-33-38)6-9-30-29-19-28(23(2)18-31(29)35-34-30)26-7-4-24(5-8-26)21-37-16-12-32-13-17-37/h4-9,18-20,22,27,32H,3,10-17,21H2,1-2H3,(H,34,35)/b9-6+. The Labute approximate surface area is 225 Å². The molecular weight excluding hydrogens is 470 g/mol. The van der Waals surface area contributed by atoms with Crippen molar-refractivity contribution in [1.29, 1.82) is 0 Å². The molecular formula is C31H39N7. The molecule has 2 aromatic heterocycles. The maximum absolute atomic E-state index is 4.67. The highest BCUT2D eigenvalue weighted by molar-refractivity contribution is 5.93. The Bertz CT molecular complexity index is 1380. The van der Waals surface area contributed by atoms with E-state index in [0.29, 0.717) is 6.04 Å². The van der Waals surface area contributed by atoms with Gasteiger partial charge in [-0.1, -0.05) is 31.2 Å². The van der Waals surface area contributed by atoms with Gasteiger partial charge in [-0.15, -0.1) is 0 Å². The first-order chi connectivity index (χ1) is 18.7. The van der Waals surface area contributed by atoms with Gasteiger partial charge in [-0.25, -0.2) is 0 Å². The number of fused-ring (bicyclic) bond motifs is 1. The van der Waals surface area contributed by atoms with Crippen LogP contribution >= 0.6 is 0 Å². The summed E-state index contributed by atoms with van der Waals surface area (Å²) in [4.78, 5) is 5.03. The lowest BCUT2D eigenvalue weighted by Crippen LogP contribution is -2.42. The first-order valence-corrected chi connectivity index (χ1v) is 14.1. The summed E-state index contributed by atoms with van der Waals surface area (Å²) >= 11 is 0. The predicted octanol–water partition coefficient (Wildman–Crippen LogP) is 4.97. The molecule has 38 heavy (non-hydrogen) atoms. The number of aromatic amines is 1. The first kappa shape index (κ1) is 25.0. The van der Waals surface area contributed by atoms with Crippen LogP contribution in [0, 0.1) is 6.92 Å². The van der Waals surface area contributed by atoms with Gasteiger partial charge >= 0.3 is 0 Å². The van der Waals surface area contributed by atoms with Crippen molar-refractivity contribution in [2.75, 3.05) is 45.8 Å². The Kier molecular flexibility index (Phi) is 7.40. The number of likely N-dealkylation sites (tertiary alicyclic amines) is 1. The highest BCUT2D eigenvalue weighted by Crippen LogP contribution is 2.30. The molecule has 2 saturated heterocycles. The van der Waals surface area contributed by atoms with Gasteiger partial charge in [0.2, 0.25) is 0 Å². The van der Waals surface area contributed by atoms with Crippen molar-refractivity contribution in [3.63, 3.8) is 0 Å². The molecule has 0 aliphatic carbocycles. The van der Waals surface area contributed by atoms with Crippen LogP contribution in [0.4, 0.5) is 0 Å². The highest BCUT2D eigenvalue weighted by atomic mass is 15.3. The van der Waals surface area contributed by atoms with E-state index in [2.05, 4.69) is 104 Å². The molecule has 2 fully saturated rings. The zero-order valence-corrected chi connectivity index (χ0v) is 22.7. The monoisotopic (exact) mass is 509 g/mol. The van der Waals surface area contributed by atoms with Crippen LogP contribution in [0.1, 0.15) is 48.2 Å². The minimum Gasteiger partial charge on any atom is -0.314 e. The van der Waals surface area contributed by atoms with E-state index in [1.54, 1.807) is 0 Å². The van der Waals surface area contributed by atoms with Gasteiger partial charge in [-0.3, -0.25) is 14.7 Å². The van der Waals surface area contributed by atoms with Crippen LogP contribution in [0.2, 0.25) is 0 Å². The molecule has 4 aromatic rings. The number of hydrogen-bond donors (Lipinski definition) is 2. The molecule has 7 heteroatoms. The second kappa shape index (κ2) is 11.2. The summed E-state index contributed by atoms with van der Waals surface area (Å²) in [5.41, 5.74) is 8.28. The predicted molar refractivity (Wildman–Crippen MR) is 156 cm³/mol. The largest absolute Gasteiger partial charge is 0.314 e. The van der Waals surface area contributed by atoms with E-state index in [0.717, 1.165) is 74.5 Å². The normalized spacial score (nSPS) is 18.2. The van der Waals surface area contributed by atoms with Crippen LogP contribution < -0.4 is 5.32 Å². The van der Waals surface area contributed by atoms with Crippen molar-refractivity contribution in [3.8, 4) is 11.1 Å². The van der Waals surface area contributed by atoms with Crippen molar-refractivity contribution in [2.45, 2.75) is 39.3 Å². The lowest BCUT2D eigenvalue weighted by Gasteiger charge is -2.31. The molecule has 0 saturated carbocycles. The summed E-state index contributed by atoms with van der Waals surface area (Å²) in [6, 6.07) is 14.1. The van der Waals surface area contributed by atoms with Gasteiger partial charge in [0.25, 0.3) is 0 Å². The molecule has 7 nitrogen and oxygen atoms in total. The highest BCUT2D eigenvalue weighted by Gasteiger charge is 2.20. The average molecular weight is 510 g/mol. The molecule has 2 N–H and O–H groups in total. The zero-order valence-electron chi connectivity index (χ0n) is 22.7. The van der Waals surface area contributed by atoms with E-state index in [9.17, 15) is 0 Å². The molecule has 0 radical (unpaired) electrons. The van der Waals surface area contributed by atoms with Crippen molar-refractivity contribution in [2.24, 2.45) is 0 Å². The molecule has 4 heterocycles. The molecule has 0 spiro atoms. The van der Waals surface area contributed by atoms with Crippen LogP contribution in [-0.4, -0.2) is 75.6 Å². The van der Waals surface area contributed by atoms with Gasteiger partial charge in [-0.05, 0) is 72.8 Å². The summed E-state index contributed by atoms with van der Waals surface area (Å²) in [6.45, 7) is 13.3. The second-order valence-corrected chi connectivity index (χ2v) is 10.8. The van der Waals surface area contributed by atoms with Gasteiger partial charge in [0.15, 0.2) is 0 Å². The van der Waals surface area contributed by atoms with Crippen molar-refractivity contribution in [3.05, 3.63) is 71.2 Å². The summed E-state index contributed by atoms with van der Waals surface area (Å²) in [5, 5.41) is 17.1. The Morgan fingerprint density at radius 1 is 0.974 bits per heavy atom.